The van der Waals surface area contributed by atoms with Gasteiger partial charge in [-0.15, -0.1) is 0 Å². The molecule has 0 spiro atoms. The second-order valence-corrected chi connectivity index (χ2v) is 4.79. The van der Waals surface area contributed by atoms with Gasteiger partial charge in [-0.1, -0.05) is 0 Å². The second kappa shape index (κ2) is 6.89. The molecule has 19 heteroatoms. The molecule has 0 radical (unpaired) electrons. The normalized spacial score (nSPS) is 19.0. The van der Waals surface area contributed by atoms with Crippen molar-refractivity contribution in [3.05, 3.63) is 0 Å². The van der Waals surface area contributed by atoms with E-state index < -0.39 is 54.7 Å². The lowest BCUT2D eigenvalue weighted by Gasteiger charge is -2.41. The summed E-state index contributed by atoms with van der Waals surface area (Å²) in [6.45, 7) is 0. The lowest BCUT2D eigenvalue weighted by molar-refractivity contribution is -0.452. The number of hydrogen-bond acceptors (Lipinski definition) is 1. The van der Waals surface area contributed by atoms with Crippen LogP contribution in [0.2, 0.25) is 0 Å². The average molecular weight is 468 g/mol. The largest absolute Gasteiger partial charge is 0.451 e. The van der Waals surface area contributed by atoms with Gasteiger partial charge in [0.25, 0.3) is 6.10 Å². The monoisotopic (exact) mass is 468 g/mol. The summed E-state index contributed by atoms with van der Waals surface area (Å²) in [4.78, 5) is 0. The Morgan fingerprint density at radius 3 is 0.929 bits per heavy atom. The highest BCUT2D eigenvalue weighted by Crippen LogP contribution is 2.56. The Hall–Kier alpha value is -1.30. The predicted octanol–water partition coefficient (Wildman–Crippen LogP) is 5.90. The van der Waals surface area contributed by atoms with Crippen LogP contribution in [0.1, 0.15) is 0 Å². The van der Waals surface area contributed by atoms with Gasteiger partial charge in [0, 0.05) is 0 Å². The SMILES string of the molecule is FC(C(F)(OC(C(F)(F)F)C(F)(F)F)C(F)(F)F)C(F)(C(F)(F)F)C(F)(F)F. The first kappa shape index (κ1) is 26.7. The smallest absolute Gasteiger partial charge is 0.314 e. The van der Waals surface area contributed by atoms with Crippen LogP contribution in [-0.2, 0) is 4.74 Å². The zero-order valence-electron chi connectivity index (χ0n) is 11.9. The lowest BCUT2D eigenvalue weighted by atomic mass is 9.92. The Kier molecular flexibility index (Phi) is 6.57. The Morgan fingerprint density at radius 2 is 0.750 bits per heavy atom. The lowest BCUT2D eigenvalue weighted by Crippen LogP contribution is -2.70. The van der Waals surface area contributed by atoms with Gasteiger partial charge in [-0.2, -0.15) is 70.2 Å². The maximum Gasteiger partial charge on any atom is 0.451 e. The Morgan fingerprint density at radius 1 is 0.464 bits per heavy atom. The molecule has 0 bridgehead atoms. The first-order valence-corrected chi connectivity index (χ1v) is 5.78. The highest BCUT2D eigenvalue weighted by molar-refractivity contribution is 5.08. The minimum atomic E-state index is -7.91. The van der Waals surface area contributed by atoms with Crippen molar-refractivity contribution in [2.45, 2.75) is 54.7 Å². The van der Waals surface area contributed by atoms with Gasteiger partial charge in [0.2, 0.25) is 6.17 Å². The van der Waals surface area contributed by atoms with Crippen LogP contribution in [0.25, 0.3) is 0 Å². The molecule has 0 saturated heterocycles. The van der Waals surface area contributed by atoms with Crippen molar-refractivity contribution in [1.82, 2.24) is 0 Å². The van der Waals surface area contributed by atoms with Gasteiger partial charge in [-0.3, -0.25) is 0 Å². The third-order valence-corrected chi connectivity index (χ3v) is 2.77. The number of rotatable bonds is 4. The van der Waals surface area contributed by atoms with E-state index in [2.05, 4.69) is 0 Å². The molecule has 0 fully saturated rings. The Bertz CT molecular complexity index is 504. The zero-order chi connectivity index (χ0) is 23.4. The van der Waals surface area contributed by atoms with Gasteiger partial charge in [0.05, 0.1) is 0 Å². The molecule has 0 aromatic rings. The van der Waals surface area contributed by atoms with Crippen molar-refractivity contribution in [2.75, 3.05) is 0 Å². The average Bonchev–Trinajstić information content (AvgIpc) is 2.36. The standard InChI is InChI=1S/C9H2F18O/c10-1(3(11,7(19,20)21)8(22,23)24)4(12,9(25,26)27)28-2(5(13,14)15)6(16,17)18/h1-2H. The van der Waals surface area contributed by atoms with E-state index in [0.717, 1.165) is 0 Å². The van der Waals surface area contributed by atoms with E-state index in [4.69, 9.17) is 0 Å². The summed E-state index contributed by atoms with van der Waals surface area (Å²) in [6, 6.07) is 0. The van der Waals surface area contributed by atoms with E-state index in [1.54, 1.807) is 4.74 Å². The molecular formula is C9H2F18O. The molecule has 0 aliphatic rings. The highest BCUT2D eigenvalue weighted by Gasteiger charge is 2.85. The first-order chi connectivity index (χ1) is 11.7. The molecule has 1 nitrogen and oxygen atoms in total. The van der Waals surface area contributed by atoms with E-state index in [9.17, 15) is 79.0 Å². The molecule has 0 N–H and O–H groups in total. The molecule has 170 valence electrons. The highest BCUT2D eigenvalue weighted by atomic mass is 19.4. The van der Waals surface area contributed by atoms with Crippen LogP contribution in [0.4, 0.5) is 79.0 Å². The van der Waals surface area contributed by atoms with Gasteiger partial charge >= 0.3 is 42.4 Å². The molecule has 0 aliphatic carbocycles. The molecule has 0 aromatic carbocycles. The summed E-state index contributed by atoms with van der Waals surface area (Å²) in [5.74, 6) is -7.69. The van der Waals surface area contributed by atoms with Crippen LogP contribution in [-0.4, -0.2) is 54.7 Å². The van der Waals surface area contributed by atoms with Crippen LogP contribution < -0.4 is 0 Å². The molecule has 0 aromatic heterocycles. The van der Waals surface area contributed by atoms with Gasteiger partial charge in [0.1, 0.15) is 0 Å². The third-order valence-electron chi connectivity index (χ3n) is 2.77. The topological polar surface area (TPSA) is 9.23 Å². The third kappa shape index (κ3) is 4.64. The van der Waals surface area contributed by atoms with Gasteiger partial charge in [-0.05, 0) is 0 Å². The summed E-state index contributed by atoms with van der Waals surface area (Å²) in [7, 11) is 0. The van der Waals surface area contributed by atoms with Crippen molar-refractivity contribution >= 4 is 0 Å². The van der Waals surface area contributed by atoms with Crippen LogP contribution in [0.3, 0.4) is 0 Å². The van der Waals surface area contributed by atoms with Gasteiger partial charge in [0.15, 0.2) is 0 Å². The van der Waals surface area contributed by atoms with E-state index in [0.29, 0.717) is 0 Å². The molecular weight excluding hydrogens is 466 g/mol. The fraction of sp³-hybridized carbons (Fsp3) is 1.00. The minimum Gasteiger partial charge on any atom is -0.314 e. The fourth-order valence-electron chi connectivity index (χ4n) is 1.46. The number of alkyl halides is 18. The number of halogens is 18. The molecule has 0 heterocycles. The van der Waals surface area contributed by atoms with E-state index >= 15 is 0 Å². The first-order valence-electron chi connectivity index (χ1n) is 5.78. The molecule has 2 unspecified atom stereocenters. The van der Waals surface area contributed by atoms with Crippen molar-refractivity contribution in [3.63, 3.8) is 0 Å². The summed E-state index contributed by atoms with van der Waals surface area (Å²) >= 11 is 0. The fourth-order valence-corrected chi connectivity index (χ4v) is 1.46. The summed E-state index contributed by atoms with van der Waals surface area (Å²) in [5, 5.41) is 0. The van der Waals surface area contributed by atoms with E-state index in [-0.39, 0.29) is 0 Å². The van der Waals surface area contributed by atoms with E-state index in [1.165, 1.54) is 0 Å². The molecule has 28 heavy (non-hydrogen) atoms. The van der Waals surface area contributed by atoms with Gasteiger partial charge < -0.3 is 4.74 Å². The van der Waals surface area contributed by atoms with Gasteiger partial charge in [-0.25, -0.2) is 8.78 Å². The van der Waals surface area contributed by atoms with Crippen molar-refractivity contribution in [1.29, 1.82) is 0 Å². The summed E-state index contributed by atoms with van der Waals surface area (Å²) in [6.07, 6.45) is -50.6. The molecule has 0 rings (SSSR count). The quantitative estimate of drug-likeness (QED) is 0.468. The second-order valence-electron chi connectivity index (χ2n) is 4.79. The maximum atomic E-state index is 13.6. The molecule has 0 saturated carbocycles. The van der Waals surface area contributed by atoms with Crippen LogP contribution in [0.5, 0.6) is 0 Å². The van der Waals surface area contributed by atoms with Crippen molar-refractivity contribution in [2.24, 2.45) is 0 Å². The Balaban J connectivity index is 6.75. The number of hydrogen-bond donors (Lipinski definition) is 0. The maximum absolute atomic E-state index is 13.6. The minimum absolute atomic E-state index is 1.67. The van der Waals surface area contributed by atoms with Crippen LogP contribution >= 0.6 is 0 Å². The molecule has 2 atom stereocenters. The van der Waals surface area contributed by atoms with Crippen LogP contribution in [0.15, 0.2) is 0 Å². The number of ether oxygens (including phenoxy) is 1. The molecule has 0 aliphatic heterocycles. The Labute approximate surface area is 140 Å². The molecule has 0 amide bonds. The summed E-state index contributed by atoms with van der Waals surface area (Å²) in [5.41, 5.74) is -7.91. The summed E-state index contributed by atoms with van der Waals surface area (Å²) < 4.78 is 225. The zero-order valence-corrected chi connectivity index (χ0v) is 11.9. The van der Waals surface area contributed by atoms with Crippen molar-refractivity contribution < 1.29 is 83.8 Å². The van der Waals surface area contributed by atoms with Crippen LogP contribution in [0, 0.1) is 0 Å². The predicted molar refractivity (Wildman–Crippen MR) is 47.7 cm³/mol. The van der Waals surface area contributed by atoms with E-state index in [1.807, 2.05) is 0 Å². The van der Waals surface area contributed by atoms with Crippen molar-refractivity contribution in [3.8, 4) is 0 Å².